The van der Waals surface area contributed by atoms with E-state index in [1.807, 2.05) is 64.4 Å². The Morgan fingerprint density at radius 3 is 2.35 bits per heavy atom. The molecule has 9 heteroatoms. The van der Waals surface area contributed by atoms with Gasteiger partial charge in [0, 0.05) is 25.8 Å². The van der Waals surface area contributed by atoms with Crippen molar-refractivity contribution >= 4 is 29.1 Å². The van der Waals surface area contributed by atoms with Gasteiger partial charge in [0.25, 0.3) is 0 Å². The van der Waals surface area contributed by atoms with E-state index in [1.54, 1.807) is 11.3 Å². The van der Waals surface area contributed by atoms with E-state index in [1.165, 1.54) is 4.90 Å². The Labute approximate surface area is 261 Å². The van der Waals surface area contributed by atoms with Crippen molar-refractivity contribution in [2.45, 2.75) is 117 Å². The summed E-state index contributed by atoms with van der Waals surface area (Å²) in [6, 6.07) is 6.07. The van der Waals surface area contributed by atoms with Gasteiger partial charge in [-0.3, -0.25) is 14.4 Å². The molecule has 0 saturated carbocycles. The second-order valence-corrected chi connectivity index (χ2v) is 13.6. The molecule has 1 aromatic carbocycles. The lowest BCUT2D eigenvalue weighted by molar-refractivity contribution is -0.144. The fraction of sp³-hybridized carbons (Fsp3) is 0.588. The first-order valence-electron chi connectivity index (χ1n) is 15.4. The van der Waals surface area contributed by atoms with Crippen LogP contribution in [-0.4, -0.2) is 57.4 Å². The van der Waals surface area contributed by atoms with Crippen LogP contribution in [0.1, 0.15) is 103 Å². The topological polar surface area (TPSA) is 112 Å². The van der Waals surface area contributed by atoms with Crippen LogP contribution in [0.5, 0.6) is 0 Å². The third-order valence-corrected chi connectivity index (χ3v) is 9.01. The highest BCUT2D eigenvalue weighted by Gasteiger charge is 2.44. The number of β-amino-alcohol motifs (C(OH)–C–C–N with tert-alkyl or cyclic N) is 1. The molecule has 1 aliphatic rings. The number of aliphatic hydroxyl groups is 1. The number of unbranched alkanes of at least 4 members (excludes halogenated alkanes) is 6. The van der Waals surface area contributed by atoms with Crippen molar-refractivity contribution in [2.24, 2.45) is 5.41 Å². The van der Waals surface area contributed by atoms with Crippen LogP contribution in [0.2, 0.25) is 0 Å². The number of hydrogen-bond acceptors (Lipinski definition) is 6. The summed E-state index contributed by atoms with van der Waals surface area (Å²) in [7, 11) is 0. The summed E-state index contributed by atoms with van der Waals surface area (Å²) in [6.07, 6.45) is 11.8. The van der Waals surface area contributed by atoms with Crippen LogP contribution in [0.3, 0.4) is 0 Å². The van der Waals surface area contributed by atoms with Crippen molar-refractivity contribution in [3.8, 4) is 22.8 Å². The monoisotopic (exact) mass is 608 g/mol. The van der Waals surface area contributed by atoms with E-state index in [0.29, 0.717) is 6.42 Å². The molecule has 3 amide bonds. The number of aliphatic hydroxyl groups excluding tert-OH is 1. The van der Waals surface area contributed by atoms with Gasteiger partial charge in [0.05, 0.1) is 28.2 Å². The maximum absolute atomic E-state index is 13.8. The van der Waals surface area contributed by atoms with Crippen LogP contribution in [0.4, 0.5) is 0 Å². The van der Waals surface area contributed by atoms with Gasteiger partial charge < -0.3 is 20.6 Å². The number of aromatic nitrogens is 1. The third-order valence-electron chi connectivity index (χ3n) is 8.04. The van der Waals surface area contributed by atoms with Gasteiger partial charge in [-0.2, -0.15) is 0 Å². The molecule has 3 N–H and O–H groups in total. The van der Waals surface area contributed by atoms with E-state index >= 15 is 0 Å². The first kappa shape index (κ1) is 34.3. The number of aryl methyl sites for hydroxylation is 1. The Hall–Kier alpha value is -3.22. The Morgan fingerprint density at radius 2 is 1.74 bits per heavy atom. The summed E-state index contributed by atoms with van der Waals surface area (Å²) in [5, 5.41) is 16.5. The third kappa shape index (κ3) is 9.90. The van der Waals surface area contributed by atoms with E-state index in [9.17, 15) is 19.5 Å². The predicted octanol–water partition coefficient (Wildman–Crippen LogP) is 5.54. The number of thiazole rings is 1. The van der Waals surface area contributed by atoms with Gasteiger partial charge in [0.15, 0.2) is 0 Å². The number of benzene rings is 1. The molecular formula is C34H48N4O4S. The average Bonchev–Trinajstić information content (AvgIpc) is 3.57. The average molecular weight is 609 g/mol. The molecule has 0 aliphatic carbocycles. The Morgan fingerprint density at radius 1 is 1.09 bits per heavy atom. The molecule has 3 rings (SSSR count). The minimum atomic E-state index is -0.819. The van der Waals surface area contributed by atoms with E-state index in [0.717, 1.165) is 66.6 Å². The van der Waals surface area contributed by atoms with Gasteiger partial charge in [-0.25, -0.2) is 4.98 Å². The number of carbonyl (C=O) groups is 3. The number of carbonyl (C=O) groups excluding carboxylic acids is 3. The largest absolute Gasteiger partial charge is 0.391 e. The second-order valence-electron chi connectivity index (χ2n) is 12.7. The predicted molar refractivity (Wildman–Crippen MR) is 172 cm³/mol. The number of nitrogens with zero attached hydrogens (tertiary/aromatic N) is 2. The van der Waals surface area contributed by atoms with Crippen molar-refractivity contribution in [1.82, 2.24) is 20.5 Å². The number of terminal acetylenes is 1. The standard InChI is InChI=1S/C34H48N4O4S/c1-7-8-9-10-11-12-13-14-15-29(40)37-31(34(4,5)6)33(42)38-21-27(39)20-28(38)32(41)36-23(2)25-16-18-26(19-17-25)30-24(3)35-22-43-30/h1,16-19,22-23,27-28,31,39H,8-15,20-21H2,2-6H3,(H,36,41)(H,37,40)/t23-,27+,28-,31+/m0/s1. The summed E-state index contributed by atoms with van der Waals surface area (Å²) < 4.78 is 0. The zero-order chi connectivity index (χ0) is 31.6. The summed E-state index contributed by atoms with van der Waals surface area (Å²) in [6.45, 7) is 9.62. The zero-order valence-electron chi connectivity index (χ0n) is 26.3. The van der Waals surface area contributed by atoms with E-state index < -0.39 is 23.6 Å². The van der Waals surface area contributed by atoms with Crippen molar-refractivity contribution in [3.63, 3.8) is 0 Å². The highest BCUT2D eigenvalue weighted by molar-refractivity contribution is 7.13. The van der Waals surface area contributed by atoms with Crippen molar-refractivity contribution < 1.29 is 19.5 Å². The molecule has 0 spiro atoms. The summed E-state index contributed by atoms with van der Waals surface area (Å²) in [5.41, 5.74) is 4.24. The van der Waals surface area contributed by atoms with Crippen LogP contribution in [-0.2, 0) is 14.4 Å². The fourth-order valence-electron chi connectivity index (χ4n) is 5.47. The highest BCUT2D eigenvalue weighted by Crippen LogP contribution is 2.29. The van der Waals surface area contributed by atoms with E-state index in [4.69, 9.17) is 6.42 Å². The summed E-state index contributed by atoms with van der Waals surface area (Å²) in [5.74, 6) is 1.82. The molecule has 234 valence electrons. The lowest BCUT2D eigenvalue weighted by Gasteiger charge is -2.35. The van der Waals surface area contributed by atoms with Crippen molar-refractivity contribution in [3.05, 3.63) is 41.0 Å². The quantitative estimate of drug-likeness (QED) is 0.193. The Kier molecular flexibility index (Phi) is 12.8. The van der Waals surface area contributed by atoms with Gasteiger partial charge in [-0.05, 0) is 43.2 Å². The molecule has 0 unspecified atom stereocenters. The maximum Gasteiger partial charge on any atom is 0.246 e. The molecular weight excluding hydrogens is 560 g/mol. The number of rotatable bonds is 14. The van der Waals surface area contributed by atoms with Crippen LogP contribution in [0.25, 0.3) is 10.4 Å². The van der Waals surface area contributed by atoms with Gasteiger partial charge in [0.1, 0.15) is 12.1 Å². The lowest BCUT2D eigenvalue weighted by Crippen LogP contribution is -2.57. The van der Waals surface area contributed by atoms with Crippen LogP contribution in [0, 0.1) is 24.7 Å². The Bertz CT molecular complexity index is 1260. The van der Waals surface area contributed by atoms with E-state index in [-0.39, 0.29) is 36.7 Å². The molecule has 2 aromatic rings. The molecule has 2 heterocycles. The van der Waals surface area contributed by atoms with Crippen molar-refractivity contribution in [2.75, 3.05) is 6.54 Å². The Balaban J connectivity index is 1.59. The van der Waals surface area contributed by atoms with Crippen LogP contribution >= 0.6 is 11.3 Å². The highest BCUT2D eigenvalue weighted by atomic mass is 32.1. The smallest absolute Gasteiger partial charge is 0.246 e. The number of likely N-dealkylation sites (tertiary alicyclic amines) is 1. The lowest BCUT2D eigenvalue weighted by atomic mass is 9.85. The minimum Gasteiger partial charge on any atom is -0.391 e. The molecule has 8 nitrogen and oxygen atoms in total. The minimum absolute atomic E-state index is 0.0519. The molecule has 1 aliphatic heterocycles. The first-order valence-corrected chi connectivity index (χ1v) is 16.3. The van der Waals surface area contributed by atoms with Crippen molar-refractivity contribution in [1.29, 1.82) is 0 Å². The number of nitrogens with one attached hydrogen (secondary N) is 2. The molecule has 0 radical (unpaired) electrons. The fourth-order valence-corrected chi connectivity index (χ4v) is 6.28. The van der Waals surface area contributed by atoms with Gasteiger partial charge in [-0.1, -0.05) is 70.7 Å². The zero-order valence-corrected chi connectivity index (χ0v) is 27.1. The van der Waals surface area contributed by atoms with Gasteiger partial charge in [0.2, 0.25) is 17.7 Å². The molecule has 4 atom stereocenters. The second kappa shape index (κ2) is 16.0. The molecule has 1 saturated heterocycles. The molecule has 43 heavy (non-hydrogen) atoms. The molecule has 1 fully saturated rings. The van der Waals surface area contributed by atoms with Gasteiger partial charge >= 0.3 is 0 Å². The number of amides is 3. The van der Waals surface area contributed by atoms with Crippen LogP contribution in [0.15, 0.2) is 29.8 Å². The van der Waals surface area contributed by atoms with E-state index in [2.05, 4.69) is 21.5 Å². The first-order chi connectivity index (χ1) is 20.4. The number of hydrogen-bond donors (Lipinski definition) is 3. The molecule has 0 bridgehead atoms. The summed E-state index contributed by atoms with van der Waals surface area (Å²) in [4.78, 5) is 47.0. The maximum atomic E-state index is 13.8. The van der Waals surface area contributed by atoms with Crippen LogP contribution < -0.4 is 10.6 Å². The summed E-state index contributed by atoms with van der Waals surface area (Å²) >= 11 is 1.59. The molecule has 1 aromatic heterocycles. The SMILES string of the molecule is C#CCCCCCCCCC(=O)N[C@H](C(=O)N1C[C@H](O)C[C@H]1C(=O)N[C@@H](C)c1ccc(-c2scnc2C)cc1)C(C)(C)C. The van der Waals surface area contributed by atoms with Gasteiger partial charge in [-0.15, -0.1) is 23.7 Å². The normalized spacial score (nSPS) is 18.1.